The van der Waals surface area contributed by atoms with E-state index in [4.69, 9.17) is 0 Å². The molecular weight excluding hydrogens is 427 g/mol. The molecule has 1 N–H and O–H groups in total. The molecule has 0 atom stereocenters. The molecule has 3 aromatic rings. The second-order valence-corrected chi connectivity index (χ2v) is 8.67. The van der Waals surface area contributed by atoms with Crippen molar-refractivity contribution in [2.75, 3.05) is 13.1 Å². The topological polar surface area (TPSA) is 84.3 Å². The molecule has 2 aromatic heterocycles. The van der Waals surface area contributed by atoms with Crippen molar-refractivity contribution >= 4 is 56.4 Å². The Labute approximate surface area is 179 Å². The lowest BCUT2D eigenvalue weighted by Crippen LogP contribution is -2.37. The Morgan fingerprint density at radius 2 is 2.07 bits per heavy atom. The average molecular weight is 445 g/mol. The van der Waals surface area contributed by atoms with Gasteiger partial charge in [-0.15, -0.1) is 11.3 Å². The summed E-state index contributed by atoms with van der Waals surface area (Å²) in [5, 5.41) is 7.53. The Morgan fingerprint density at radius 1 is 1.30 bits per heavy atom. The predicted octanol–water partition coefficient (Wildman–Crippen LogP) is 3.55. The van der Waals surface area contributed by atoms with Crippen LogP contribution >= 0.6 is 23.1 Å². The smallest absolute Gasteiger partial charge is 0.293 e. The minimum Gasteiger partial charge on any atom is -0.350 e. The lowest BCUT2D eigenvalue weighted by molar-refractivity contribution is -0.122. The Bertz CT molecular complexity index is 1180. The van der Waals surface area contributed by atoms with Crippen molar-refractivity contribution < 1.29 is 18.8 Å². The van der Waals surface area contributed by atoms with E-state index in [2.05, 4.69) is 10.4 Å². The van der Waals surface area contributed by atoms with Crippen molar-refractivity contribution in [3.8, 4) is 0 Å². The second-order valence-electron chi connectivity index (χ2n) is 6.65. The lowest BCUT2D eigenvalue weighted by atomic mass is 10.2. The summed E-state index contributed by atoms with van der Waals surface area (Å²) in [6.45, 7) is 2.04. The van der Waals surface area contributed by atoms with Gasteiger partial charge in [0.2, 0.25) is 0 Å². The fraction of sp³-hybridized carbons (Fsp3) is 0.200. The van der Waals surface area contributed by atoms with E-state index in [1.165, 1.54) is 29.5 Å². The summed E-state index contributed by atoms with van der Waals surface area (Å²) in [4.78, 5) is 39.8. The first kappa shape index (κ1) is 20.3. The molecule has 4 rings (SSSR count). The van der Waals surface area contributed by atoms with Crippen molar-refractivity contribution in [1.29, 1.82) is 0 Å². The normalized spacial score (nSPS) is 15.6. The van der Waals surface area contributed by atoms with Crippen LogP contribution in [0.25, 0.3) is 16.3 Å². The van der Waals surface area contributed by atoms with Crippen molar-refractivity contribution in [3.63, 3.8) is 0 Å². The van der Waals surface area contributed by atoms with E-state index in [0.29, 0.717) is 4.88 Å². The second kappa shape index (κ2) is 8.04. The molecule has 7 nitrogen and oxygen atoms in total. The molecule has 0 radical (unpaired) electrons. The minimum atomic E-state index is -0.494. The van der Waals surface area contributed by atoms with Gasteiger partial charge >= 0.3 is 0 Å². The third kappa shape index (κ3) is 3.75. The molecule has 0 aliphatic carbocycles. The summed E-state index contributed by atoms with van der Waals surface area (Å²) in [5.41, 5.74) is 1.09. The molecule has 1 saturated heterocycles. The van der Waals surface area contributed by atoms with Crippen LogP contribution in [0.5, 0.6) is 0 Å². The summed E-state index contributed by atoms with van der Waals surface area (Å²) >= 11 is 2.09. The summed E-state index contributed by atoms with van der Waals surface area (Å²) in [5.74, 6) is -1.24. The van der Waals surface area contributed by atoms with Gasteiger partial charge in [-0.05, 0) is 36.9 Å². The fourth-order valence-corrected chi connectivity index (χ4v) is 5.01. The number of imide groups is 1. The van der Waals surface area contributed by atoms with Crippen LogP contribution in [0.3, 0.4) is 0 Å². The molecule has 154 valence electrons. The number of hydrogen-bond donors (Lipinski definition) is 1. The number of rotatable bonds is 5. The summed E-state index contributed by atoms with van der Waals surface area (Å²) < 4.78 is 15.5. The Morgan fingerprint density at radius 3 is 2.80 bits per heavy atom. The first-order valence-corrected chi connectivity index (χ1v) is 10.7. The van der Waals surface area contributed by atoms with Gasteiger partial charge in [-0.1, -0.05) is 18.2 Å². The molecule has 1 aromatic carbocycles. The van der Waals surface area contributed by atoms with Gasteiger partial charge in [-0.3, -0.25) is 24.0 Å². The number of fused-ring (bicyclic) bond motifs is 1. The molecule has 0 saturated carbocycles. The third-order valence-electron chi connectivity index (χ3n) is 4.61. The van der Waals surface area contributed by atoms with Gasteiger partial charge in [0.25, 0.3) is 17.1 Å². The predicted molar refractivity (Wildman–Crippen MR) is 115 cm³/mol. The quantitative estimate of drug-likeness (QED) is 0.609. The van der Waals surface area contributed by atoms with Crippen molar-refractivity contribution in [2.24, 2.45) is 7.05 Å². The largest absolute Gasteiger partial charge is 0.350 e. The van der Waals surface area contributed by atoms with Gasteiger partial charge in [0, 0.05) is 31.1 Å². The Hall–Kier alpha value is -2.98. The van der Waals surface area contributed by atoms with Crippen molar-refractivity contribution in [3.05, 3.63) is 57.2 Å². The van der Waals surface area contributed by atoms with Crippen LogP contribution in [0.4, 0.5) is 9.18 Å². The maximum absolute atomic E-state index is 13.8. The highest BCUT2D eigenvalue weighted by molar-refractivity contribution is 8.18. The number of hydrogen-bond acceptors (Lipinski definition) is 6. The number of aryl methyl sites for hydroxylation is 2. The maximum Gasteiger partial charge on any atom is 0.293 e. The molecular formula is C20H17FN4O3S2. The van der Waals surface area contributed by atoms with Crippen LogP contribution in [0.15, 0.2) is 35.2 Å². The number of halogens is 1. The van der Waals surface area contributed by atoms with Gasteiger partial charge in [0.1, 0.15) is 10.6 Å². The molecule has 0 unspecified atom stereocenters. The monoisotopic (exact) mass is 444 g/mol. The van der Waals surface area contributed by atoms with Crippen LogP contribution in [0.2, 0.25) is 0 Å². The standard InChI is InChI=1S/C20H17FN4O3S2/c1-11-13-10-15(29-19(13)24(2)23-11)17(26)22-7-8-25-18(27)16(30-20(25)28)9-12-5-3-4-6-14(12)21/h3-6,9-10H,7-8H2,1-2H3,(H,22,26). The molecule has 10 heteroatoms. The summed E-state index contributed by atoms with van der Waals surface area (Å²) in [7, 11) is 1.82. The minimum absolute atomic E-state index is 0.0382. The number of nitrogens with one attached hydrogen (secondary N) is 1. The van der Waals surface area contributed by atoms with Gasteiger partial charge in [-0.25, -0.2) is 4.39 Å². The molecule has 0 spiro atoms. The van der Waals surface area contributed by atoms with Gasteiger partial charge in [-0.2, -0.15) is 5.10 Å². The van der Waals surface area contributed by atoms with Crippen LogP contribution in [0, 0.1) is 12.7 Å². The molecule has 1 fully saturated rings. The zero-order valence-corrected chi connectivity index (χ0v) is 17.8. The molecule has 1 aliphatic rings. The van der Waals surface area contributed by atoms with Gasteiger partial charge < -0.3 is 5.32 Å². The van der Waals surface area contributed by atoms with E-state index >= 15 is 0 Å². The fourth-order valence-electron chi connectivity index (χ4n) is 3.11. The van der Waals surface area contributed by atoms with Crippen LogP contribution in [0.1, 0.15) is 20.9 Å². The first-order chi connectivity index (χ1) is 14.3. The first-order valence-electron chi connectivity index (χ1n) is 9.06. The molecule has 30 heavy (non-hydrogen) atoms. The van der Waals surface area contributed by atoms with E-state index in [1.807, 2.05) is 14.0 Å². The average Bonchev–Trinajstić information content (AvgIpc) is 3.34. The molecule has 0 bridgehead atoms. The zero-order chi connectivity index (χ0) is 21.4. The lowest BCUT2D eigenvalue weighted by Gasteiger charge is -2.12. The van der Waals surface area contributed by atoms with E-state index in [1.54, 1.807) is 22.9 Å². The van der Waals surface area contributed by atoms with Gasteiger partial charge in [0.15, 0.2) is 0 Å². The number of thiophene rings is 1. The highest BCUT2D eigenvalue weighted by atomic mass is 32.2. The van der Waals surface area contributed by atoms with Gasteiger partial charge in [0.05, 0.1) is 15.5 Å². The summed E-state index contributed by atoms with van der Waals surface area (Å²) in [6, 6.07) is 7.81. The van der Waals surface area contributed by atoms with E-state index < -0.39 is 17.0 Å². The molecule has 1 aliphatic heterocycles. The SMILES string of the molecule is Cc1nn(C)c2sc(C(=O)NCCN3C(=O)SC(=Cc4ccccc4F)C3=O)cc12. The highest BCUT2D eigenvalue weighted by Gasteiger charge is 2.34. The zero-order valence-electron chi connectivity index (χ0n) is 16.1. The number of thioether (sulfide) groups is 1. The maximum atomic E-state index is 13.8. The number of aromatic nitrogens is 2. The van der Waals surface area contributed by atoms with Crippen LogP contribution in [-0.4, -0.2) is 44.8 Å². The van der Waals surface area contributed by atoms with Crippen molar-refractivity contribution in [2.45, 2.75) is 6.92 Å². The summed E-state index contributed by atoms with van der Waals surface area (Å²) in [6.07, 6.45) is 1.37. The third-order valence-corrected chi connectivity index (χ3v) is 6.71. The van der Waals surface area contributed by atoms with E-state index in [0.717, 1.165) is 32.6 Å². The number of nitrogens with zero attached hydrogens (tertiary/aromatic N) is 3. The van der Waals surface area contributed by atoms with E-state index in [9.17, 15) is 18.8 Å². The highest BCUT2D eigenvalue weighted by Crippen LogP contribution is 2.32. The molecule has 3 amide bonds. The van der Waals surface area contributed by atoms with Crippen LogP contribution in [-0.2, 0) is 11.8 Å². The number of carbonyl (C=O) groups excluding carboxylic acids is 3. The van der Waals surface area contributed by atoms with Crippen molar-refractivity contribution in [1.82, 2.24) is 20.0 Å². The molecule has 3 heterocycles. The number of carbonyl (C=O) groups is 3. The Balaban J connectivity index is 1.39. The van der Waals surface area contributed by atoms with E-state index in [-0.39, 0.29) is 29.5 Å². The number of benzene rings is 1. The number of amides is 3. The van der Waals surface area contributed by atoms with Crippen LogP contribution < -0.4 is 5.32 Å². The Kier molecular flexibility index (Phi) is 5.44.